The highest BCUT2D eigenvalue weighted by molar-refractivity contribution is 4.88. The zero-order chi connectivity index (χ0) is 13.9. The summed E-state index contributed by atoms with van der Waals surface area (Å²) in [5.41, 5.74) is 6.44. The molecule has 0 aliphatic heterocycles. The zero-order valence-electron chi connectivity index (χ0n) is 12.1. The van der Waals surface area contributed by atoms with E-state index in [1.54, 1.807) is 11.9 Å². The quantitative estimate of drug-likeness (QED) is 0.844. The molecule has 0 saturated heterocycles. The minimum absolute atomic E-state index is 0.149. The first-order valence-corrected chi connectivity index (χ1v) is 6.92. The monoisotopic (exact) mass is 262 g/mol. The van der Waals surface area contributed by atoms with Crippen LogP contribution < -0.4 is 5.73 Å². The Kier molecular flexibility index (Phi) is 5.53. The largest absolute Gasteiger partial charge is 0.327 e. The van der Waals surface area contributed by atoms with Gasteiger partial charge < -0.3 is 10.6 Å². The van der Waals surface area contributed by atoms with Crippen LogP contribution in [0.4, 0.5) is 8.78 Å². The first kappa shape index (κ1) is 15.8. The van der Waals surface area contributed by atoms with Crippen molar-refractivity contribution < 1.29 is 8.78 Å². The molecule has 0 bridgehead atoms. The van der Waals surface area contributed by atoms with E-state index in [0.717, 1.165) is 12.8 Å². The van der Waals surface area contributed by atoms with Crippen molar-refractivity contribution in [3.05, 3.63) is 0 Å². The molecule has 0 aromatic rings. The molecule has 0 radical (unpaired) electrons. The number of nitrogens with two attached hydrogens (primary N) is 1. The van der Waals surface area contributed by atoms with Gasteiger partial charge in [0.1, 0.15) is 0 Å². The normalized spacial score (nSPS) is 30.2. The minimum atomic E-state index is -2.26. The van der Waals surface area contributed by atoms with E-state index in [1.807, 2.05) is 0 Å². The maximum absolute atomic E-state index is 12.3. The molecule has 0 amide bonds. The maximum Gasteiger partial charge on any atom is 0.251 e. The number of hydrogen-bond donors (Lipinski definition) is 1. The molecular weight excluding hydrogens is 234 g/mol. The first-order chi connectivity index (χ1) is 8.20. The molecule has 4 heteroatoms. The van der Waals surface area contributed by atoms with E-state index < -0.39 is 6.43 Å². The summed E-state index contributed by atoms with van der Waals surface area (Å²) >= 11 is 0. The summed E-state index contributed by atoms with van der Waals surface area (Å²) in [5, 5.41) is 0. The maximum atomic E-state index is 12.3. The molecule has 0 aromatic carbocycles. The summed E-state index contributed by atoms with van der Waals surface area (Å²) in [5.74, 6) is 1.01. The molecule has 3 atom stereocenters. The Bertz CT molecular complexity index is 251. The molecule has 1 saturated carbocycles. The second-order valence-corrected chi connectivity index (χ2v) is 6.91. The summed E-state index contributed by atoms with van der Waals surface area (Å²) in [6.07, 6.45) is 1.00. The van der Waals surface area contributed by atoms with Gasteiger partial charge in [-0.05, 0) is 43.6 Å². The highest BCUT2D eigenvalue weighted by atomic mass is 19.3. The molecule has 1 fully saturated rings. The third kappa shape index (κ3) is 4.81. The second-order valence-electron chi connectivity index (χ2n) is 6.91. The molecule has 0 heterocycles. The molecule has 1 aliphatic rings. The van der Waals surface area contributed by atoms with Gasteiger partial charge in [-0.15, -0.1) is 0 Å². The average Bonchev–Trinajstić information content (AvgIpc) is 2.18. The van der Waals surface area contributed by atoms with Gasteiger partial charge in [0, 0.05) is 12.6 Å². The van der Waals surface area contributed by atoms with Gasteiger partial charge in [0.05, 0.1) is 6.54 Å². The van der Waals surface area contributed by atoms with Crippen LogP contribution in [-0.2, 0) is 0 Å². The van der Waals surface area contributed by atoms with Gasteiger partial charge in [-0.3, -0.25) is 0 Å². The van der Waals surface area contributed by atoms with Crippen molar-refractivity contribution in [1.82, 2.24) is 4.90 Å². The van der Waals surface area contributed by atoms with E-state index in [9.17, 15) is 8.78 Å². The smallest absolute Gasteiger partial charge is 0.251 e. The average molecular weight is 262 g/mol. The predicted molar refractivity (Wildman–Crippen MR) is 71.8 cm³/mol. The SMILES string of the molecule is CN(CC(F)F)CC1CC(C(C)(C)C)CCC1N. The first-order valence-electron chi connectivity index (χ1n) is 6.92. The Hall–Kier alpha value is -0.220. The van der Waals surface area contributed by atoms with Gasteiger partial charge in [0.25, 0.3) is 6.43 Å². The number of nitrogens with zero attached hydrogens (tertiary/aromatic N) is 1. The van der Waals surface area contributed by atoms with Crippen LogP contribution in [0.5, 0.6) is 0 Å². The molecule has 2 nitrogen and oxygen atoms in total. The van der Waals surface area contributed by atoms with Crippen molar-refractivity contribution in [2.75, 3.05) is 20.1 Å². The number of hydrogen-bond acceptors (Lipinski definition) is 2. The van der Waals surface area contributed by atoms with Crippen LogP contribution in [0.15, 0.2) is 0 Å². The fourth-order valence-electron chi connectivity index (χ4n) is 2.99. The minimum Gasteiger partial charge on any atom is -0.327 e. The lowest BCUT2D eigenvalue weighted by molar-refractivity contribution is 0.0685. The van der Waals surface area contributed by atoms with Crippen LogP contribution >= 0.6 is 0 Å². The summed E-state index contributed by atoms with van der Waals surface area (Å²) in [7, 11) is 1.76. The Balaban J connectivity index is 2.52. The highest BCUT2D eigenvalue weighted by Crippen LogP contribution is 2.39. The van der Waals surface area contributed by atoms with Gasteiger partial charge in [0.15, 0.2) is 0 Å². The lowest BCUT2D eigenvalue weighted by Gasteiger charge is -2.41. The van der Waals surface area contributed by atoms with Gasteiger partial charge in [-0.1, -0.05) is 20.8 Å². The standard InChI is InChI=1S/C14H28F2N2/c1-14(2,3)11-5-6-12(17)10(7-11)8-18(4)9-13(15)16/h10-13H,5-9,17H2,1-4H3. The van der Waals surface area contributed by atoms with Crippen LogP contribution in [0.1, 0.15) is 40.0 Å². The Morgan fingerprint density at radius 2 is 1.89 bits per heavy atom. The van der Waals surface area contributed by atoms with E-state index in [4.69, 9.17) is 5.73 Å². The topological polar surface area (TPSA) is 29.3 Å². The van der Waals surface area contributed by atoms with E-state index in [0.29, 0.717) is 23.8 Å². The second kappa shape index (κ2) is 6.29. The van der Waals surface area contributed by atoms with Crippen molar-refractivity contribution in [3.8, 4) is 0 Å². The fourth-order valence-corrected chi connectivity index (χ4v) is 2.99. The van der Waals surface area contributed by atoms with Crippen LogP contribution in [0.2, 0.25) is 0 Å². The lowest BCUT2D eigenvalue weighted by Crippen LogP contribution is -2.45. The summed E-state index contributed by atoms with van der Waals surface area (Å²) in [4.78, 5) is 1.72. The van der Waals surface area contributed by atoms with Gasteiger partial charge in [0.2, 0.25) is 0 Å². The van der Waals surface area contributed by atoms with E-state index in [-0.39, 0.29) is 12.6 Å². The van der Waals surface area contributed by atoms with Crippen molar-refractivity contribution in [1.29, 1.82) is 0 Å². The molecule has 0 spiro atoms. The lowest BCUT2D eigenvalue weighted by atomic mass is 9.67. The van der Waals surface area contributed by atoms with Crippen molar-refractivity contribution in [2.45, 2.75) is 52.5 Å². The van der Waals surface area contributed by atoms with Gasteiger partial charge in [-0.2, -0.15) is 0 Å². The zero-order valence-corrected chi connectivity index (χ0v) is 12.1. The van der Waals surface area contributed by atoms with Gasteiger partial charge in [-0.25, -0.2) is 8.78 Å². The Labute approximate surface area is 110 Å². The third-order valence-corrected chi connectivity index (χ3v) is 4.26. The molecule has 1 aliphatic carbocycles. The highest BCUT2D eigenvalue weighted by Gasteiger charge is 2.34. The number of rotatable bonds is 4. The summed E-state index contributed by atoms with van der Waals surface area (Å²) in [6.45, 7) is 7.32. The molecular formula is C14H28F2N2. The van der Waals surface area contributed by atoms with Gasteiger partial charge >= 0.3 is 0 Å². The van der Waals surface area contributed by atoms with Crippen molar-refractivity contribution in [2.24, 2.45) is 23.0 Å². The molecule has 2 N–H and O–H groups in total. The Morgan fingerprint density at radius 3 is 2.39 bits per heavy atom. The molecule has 0 aromatic heterocycles. The summed E-state index contributed by atoms with van der Waals surface area (Å²) in [6, 6.07) is 0.170. The number of alkyl halides is 2. The summed E-state index contributed by atoms with van der Waals surface area (Å²) < 4.78 is 24.7. The number of halogens is 2. The van der Waals surface area contributed by atoms with Crippen LogP contribution in [0, 0.1) is 17.3 Å². The van der Waals surface area contributed by atoms with Crippen molar-refractivity contribution >= 4 is 0 Å². The van der Waals surface area contributed by atoms with E-state index in [1.165, 1.54) is 6.42 Å². The predicted octanol–water partition coefficient (Wildman–Crippen LogP) is 2.97. The van der Waals surface area contributed by atoms with Crippen LogP contribution in [-0.4, -0.2) is 37.5 Å². The Morgan fingerprint density at radius 1 is 1.28 bits per heavy atom. The molecule has 1 rings (SSSR count). The molecule has 3 unspecified atom stereocenters. The van der Waals surface area contributed by atoms with Crippen LogP contribution in [0.3, 0.4) is 0 Å². The van der Waals surface area contributed by atoms with Crippen LogP contribution in [0.25, 0.3) is 0 Å². The third-order valence-electron chi connectivity index (χ3n) is 4.26. The molecule has 108 valence electrons. The fraction of sp³-hybridized carbons (Fsp3) is 1.00. The van der Waals surface area contributed by atoms with Crippen molar-refractivity contribution in [3.63, 3.8) is 0 Å². The molecule has 18 heavy (non-hydrogen) atoms. The van der Waals surface area contributed by atoms with E-state index >= 15 is 0 Å². The van der Waals surface area contributed by atoms with E-state index in [2.05, 4.69) is 20.8 Å².